The van der Waals surface area contributed by atoms with Gasteiger partial charge in [-0.15, -0.1) is 0 Å². The number of anilines is 2. The molecule has 3 unspecified atom stereocenters. The number of rotatable bonds is 9. The Labute approximate surface area is 415 Å². The summed E-state index contributed by atoms with van der Waals surface area (Å²) >= 11 is 0. The molecule has 3 N–H and O–H groups in total. The number of para-hydroxylation sites is 1. The average Bonchev–Trinajstić information content (AvgIpc) is 3.84. The van der Waals surface area contributed by atoms with Gasteiger partial charge in [-0.1, -0.05) is 73.6 Å². The van der Waals surface area contributed by atoms with Gasteiger partial charge in [0.1, 0.15) is 0 Å². The minimum Gasteiger partial charge on any atom is -0.353 e. The summed E-state index contributed by atoms with van der Waals surface area (Å²) in [6, 6.07) is 9.04. The fraction of sp³-hybridized carbons (Fsp3) is 0.763. The summed E-state index contributed by atoms with van der Waals surface area (Å²) in [7, 11) is 2.06. The fourth-order valence-electron chi connectivity index (χ4n) is 18.3. The van der Waals surface area contributed by atoms with Crippen molar-refractivity contribution < 1.29 is 19.2 Å². The van der Waals surface area contributed by atoms with Crippen molar-refractivity contribution in [3.05, 3.63) is 48.4 Å². The maximum Gasteiger partial charge on any atom is 0.225 e. The summed E-state index contributed by atoms with van der Waals surface area (Å²) < 4.78 is 0. The second kappa shape index (κ2) is 19.3. The van der Waals surface area contributed by atoms with E-state index < -0.39 is 0 Å². The molecule has 0 bridgehead atoms. The quantitative estimate of drug-likeness (QED) is 0.229. The second-order valence-electron chi connectivity index (χ2n) is 26.2. The van der Waals surface area contributed by atoms with Crippen LogP contribution in [0.2, 0.25) is 0 Å². The third-order valence-electron chi connectivity index (χ3n) is 21.9. The zero-order chi connectivity index (χ0) is 49.1. The molecule has 2 aromatic rings. The van der Waals surface area contributed by atoms with Crippen LogP contribution in [0.3, 0.4) is 0 Å². The first kappa shape index (κ1) is 50.1. The van der Waals surface area contributed by atoms with Crippen LogP contribution in [0.15, 0.2) is 42.9 Å². The first-order valence-electron chi connectivity index (χ1n) is 27.8. The number of benzene rings is 1. The van der Waals surface area contributed by atoms with Crippen molar-refractivity contribution in [1.29, 1.82) is 0 Å². The zero-order valence-electron chi connectivity index (χ0n) is 44.0. The highest BCUT2D eigenvalue weighted by Gasteiger charge is 2.63. The number of nitrogens with zero attached hydrogens (tertiary/aromatic N) is 3. The Balaban J connectivity index is 0.000000177. The van der Waals surface area contributed by atoms with Crippen molar-refractivity contribution in [3.63, 3.8) is 0 Å². The fourth-order valence-corrected chi connectivity index (χ4v) is 18.3. The topological polar surface area (TPSA) is 133 Å². The van der Waals surface area contributed by atoms with E-state index in [4.69, 9.17) is 0 Å². The van der Waals surface area contributed by atoms with Crippen molar-refractivity contribution >= 4 is 35.1 Å². The van der Waals surface area contributed by atoms with E-state index in [1.165, 1.54) is 69.8 Å². The highest BCUT2D eigenvalue weighted by Crippen LogP contribution is 2.68. The normalized spacial score (nSPS) is 39.4. The number of hydrogen-bond acceptors (Lipinski definition) is 6. The maximum atomic E-state index is 12.9. The Bertz CT molecular complexity index is 2210. The first-order valence-corrected chi connectivity index (χ1v) is 27.8. The van der Waals surface area contributed by atoms with Crippen LogP contribution in [-0.2, 0) is 24.6 Å². The standard InChI is InChI=1S/C35H54N2O2.C24H34N4O2/c1-23(11-10-14-31(38)36-29-13-9-8-12-28(29)33(2,3)4)25-16-17-26-24-15-18-30-35(6,22-20-32(39)37(30)7)27(24)19-21-34(25,26)5;1-23-9-7-18-16(4-6-19-24(18,2)10-8-21(29)27-19)17(23)5-3-15(23)13-22(30)28-20-14-25-11-12-26-20/h8-9,12-13,23-27,30H,10-11,14-22H2,1-7H3,(H,36,38);11-12,14-19H,3-10,13H2,1-2H3,(H,27,29)(H,26,28,30)/t23-,24?,25-,26?,27?,30-,34-,35-;15-,16+,17+,18+,19-,23-,24-/m11/s1. The number of aromatic nitrogens is 2. The number of nitrogens with one attached hydrogen (secondary N) is 3. The Morgan fingerprint density at radius 2 is 1.42 bits per heavy atom. The van der Waals surface area contributed by atoms with Crippen molar-refractivity contribution in [3.8, 4) is 0 Å². The van der Waals surface area contributed by atoms with Gasteiger partial charge in [0, 0.05) is 62.9 Å². The van der Waals surface area contributed by atoms with Gasteiger partial charge >= 0.3 is 0 Å². The van der Waals surface area contributed by atoms with E-state index >= 15 is 0 Å². The van der Waals surface area contributed by atoms with E-state index in [0.717, 1.165) is 80.2 Å². The molecule has 0 radical (unpaired) electrons. The van der Waals surface area contributed by atoms with Crippen LogP contribution in [0.5, 0.6) is 0 Å². The number of hydrogen-bond donors (Lipinski definition) is 3. The molecule has 15 atom stereocenters. The van der Waals surface area contributed by atoms with Gasteiger partial charge in [0.15, 0.2) is 5.82 Å². The lowest BCUT2D eigenvalue weighted by atomic mass is 9.46. The van der Waals surface area contributed by atoms with Gasteiger partial charge < -0.3 is 20.9 Å². The molecule has 2 aliphatic heterocycles. The molecule has 6 aliphatic carbocycles. The molecule has 378 valence electrons. The average molecular weight is 945 g/mol. The van der Waals surface area contributed by atoms with E-state index in [-0.39, 0.29) is 34.0 Å². The maximum absolute atomic E-state index is 12.9. The van der Waals surface area contributed by atoms with Gasteiger partial charge in [0.25, 0.3) is 0 Å². The predicted molar refractivity (Wildman–Crippen MR) is 275 cm³/mol. The number of likely N-dealkylation sites (tertiary alicyclic amines) is 1. The summed E-state index contributed by atoms with van der Waals surface area (Å²) in [5.74, 6) is 7.84. The van der Waals surface area contributed by atoms with Gasteiger partial charge in [-0.3, -0.25) is 24.2 Å². The highest BCUT2D eigenvalue weighted by atomic mass is 16.2. The third-order valence-corrected chi connectivity index (χ3v) is 21.9. The molecule has 10 heteroatoms. The number of carbonyl (C=O) groups excluding carboxylic acids is 4. The van der Waals surface area contributed by atoms with E-state index in [0.29, 0.717) is 77.6 Å². The van der Waals surface area contributed by atoms with Crippen molar-refractivity contribution in [1.82, 2.24) is 20.2 Å². The molecule has 4 amide bonds. The summed E-state index contributed by atoms with van der Waals surface area (Å²) in [5.41, 5.74) is 3.41. The molecule has 8 aliphatic rings. The molecule has 69 heavy (non-hydrogen) atoms. The van der Waals surface area contributed by atoms with Crippen LogP contribution >= 0.6 is 0 Å². The molecule has 10 rings (SSSR count). The Kier molecular flexibility index (Phi) is 14.0. The monoisotopic (exact) mass is 945 g/mol. The molecular formula is C59H88N6O4. The molecule has 1 aromatic carbocycles. The smallest absolute Gasteiger partial charge is 0.225 e. The van der Waals surface area contributed by atoms with Gasteiger partial charge in [-0.2, -0.15) is 0 Å². The molecule has 3 heterocycles. The Morgan fingerprint density at radius 1 is 0.754 bits per heavy atom. The van der Waals surface area contributed by atoms with E-state index in [1.54, 1.807) is 18.6 Å². The summed E-state index contributed by atoms with van der Waals surface area (Å²) in [6.45, 7) is 19.1. The summed E-state index contributed by atoms with van der Waals surface area (Å²) in [4.78, 5) is 60.4. The number of piperidine rings is 2. The van der Waals surface area contributed by atoms with Gasteiger partial charge in [-0.25, -0.2) is 4.98 Å². The van der Waals surface area contributed by atoms with Gasteiger partial charge in [0.2, 0.25) is 23.6 Å². The summed E-state index contributed by atoms with van der Waals surface area (Å²) in [6.07, 6.45) is 26.8. The minimum atomic E-state index is 0.00679. The molecule has 10 nitrogen and oxygen atoms in total. The number of carbonyl (C=O) groups is 4. The van der Waals surface area contributed by atoms with Crippen LogP contribution in [0.25, 0.3) is 0 Å². The predicted octanol–water partition coefficient (Wildman–Crippen LogP) is 12.2. The summed E-state index contributed by atoms with van der Waals surface area (Å²) in [5, 5.41) is 9.46. The van der Waals surface area contributed by atoms with Crippen LogP contribution in [0.4, 0.5) is 11.5 Å². The van der Waals surface area contributed by atoms with Crippen LogP contribution in [0.1, 0.15) is 189 Å². The lowest BCUT2D eigenvalue weighted by Crippen LogP contribution is -2.61. The van der Waals surface area contributed by atoms with Gasteiger partial charge in [0.05, 0.1) is 6.20 Å². The molecule has 0 spiro atoms. The van der Waals surface area contributed by atoms with Crippen LogP contribution < -0.4 is 16.0 Å². The second-order valence-corrected chi connectivity index (χ2v) is 26.2. The minimum absolute atomic E-state index is 0.00679. The molecule has 1 aromatic heterocycles. The Hall–Kier alpha value is -3.82. The molecule has 8 fully saturated rings. The Morgan fingerprint density at radius 3 is 2.16 bits per heavy atom. The molecule has 6 saturated carbocycles. The highest BCUT2D eigenvalue weighted by molar-refractivity contribution is 5.91. The van der Waals surface area contributed by atoms with Crippen molar-refractivity contribution in [2.45, 2.75) is 201 Å². The van der Waals surface area contributed by atoms with E-state index in [2.05, 4.69) is 105 Å². The van der Waals surface area contributed by atoms with E-state index in [1.807, 2.05) is 12.1 Å². The zero-order valence-corrected chi connectivity index (χ0v) is 44.0. The van der Waals surface area contributed by atoms with Crippen LogP contribution in [0, 0.1) is 74.9 Å². The van der Waals surface area contributed by atoms with Gasteiger partial charge in [-0.05, 0) is 195 Å². The number of fused-ring (bicyclic) bond motifs is 10. The molecule has 2 saturated heterocycles. The third kappa shape index (κ3) is 9.32. The lowest BCUT2D eigenvalue weighted by Gasteiger charge is -2.62. The number of amides is 4. The lowest BCUT2D eigenvalue weighted by molar-refractivity contribution is -0.158. The van der Waals surface area contributed by atoms with Crippen molar-refractivity contribution in [2.24, 2.45) is 74.9 Å². The largest absolute Gasteiger partial charge is 0.353 e. The molecular weight excluding hydrogens is 857 g/mol. The first-order chi connectivity index (χ1) is 32.8. The SMILES string of the molecule is C[C@H](CCCC(=O)Nc1ccccc1C(C)(C)C)[C@H]1CCC2C3CC[C@H]4N(C)C(=O)CC[C@]4(C)C3CC[C@@]21C.C[C@]12CCC(=O)N[C@@H]1CC[C@@H]1[C@@H]2CC[C@]2(C)[C@@H](CC(=O)Nc3cnccn3)CC[C@@H]12. The van der Waals surface area contributed by atoms with E-state index in [9.17, 15) is 19.2 Å². The van der Waals surface area contributed by atoms with Crippen LogP contribution in [-0.4, -0.2) is 57.6 Å². The van der Waals surface area contributed by atoms with Crippen molar-refractivity contribution in [2.75, 3.05) is 17.7 Å².